The zero-order valence-electron chi connectivity index (χ0n) is 13.8. The third-order valence-corrected chi connectivity index (χ3v) is 3.63. The number of piperazine rings is 1. The highest BCUT2D eigenvalue weighted by Crippen LogP contribution is 2.18. The van der Waals surface area contributed by atoms with Crippen molar-refractivity contribution >= 4 is 11.9 Å². The molecule has 0 aliphatic carbocycles. The van der Waals surface area contributed by atoms with Crippen LogP contribution >= 0.6 is 0 Å². The summed E-state index contributed by atoms with van der Waals surface area (Å²) in [6.07, 6.45) is 1.46. The average Bonchev–Trinajstić information content (AvgIpc) is 2.45. The molecule has 2 rings (SSSR count). The standard InChI is InChI=1S/C16H25N3O3/c1-12-9-14(17-10-13(12)11-20)18-5-7-19(8-6-18)15(21)22-16(2,3)4/h9-10,20H,5-8,11H2,1-4H3. The van der Waals surface area contributed by atoms with Gasteiger partial charge in [-0.1, -0.05) is 0 Å². The van der Waals surface area contributed by atoms with Gasteiger partial charge in [-0.25, -0.2) is 9.78 Å². The van der Waals surface area contributed by atoms with E-state index in [4.69, 9.17) is 4.74 Å². The van der Waals surface area contributed by atoms with E-state index in [1.165, 1.54) is 0 Å². The van der Waals surface area contributed by atoms with E-state index < -0.39 is 5.60 Å². The second-order valence-electron chi connectivity index (χ2n) is 6.58. The molecule has 0 spiro atoms. The number of aryl methyl sites for hydroxylation is 1. The number of hydrogen-bond acceptors (Lipinski definition) is 5. The molecule has 1 aromatic rings. The molecule has 1 amide bonds. The summed E-state index contributed by atoms with van der Waals surface area (Å²) in [5, 5.41) is 9.20. The van der Waals surface area contributed by atoms with Crippen LogP contribution in [0.2, 0.25) is 0 Å². The number of ether oxygens (including phenoxy) is 1. The normalized spacial score (nSPS) is 15.9. The molecule has 6 nitrogen and oxygen atoms in total. The molecule has 0 aromatic carbocycles. The van der Waals surface area contributed by atoms with Gasteiger partial charge in [-0.05, 0) is 44.9 Å². The molecule has 1 aromatic heterocycles. The molecular weight excluding hydrogens is 282 g/mol. The Balaban J connectivity index is 1.94. The Morgan fingerprint density at radius 1 is 1.32 bits per heavy atom. The van der Waals surface area contributed by atoms with Gasteiger partial charge in [0, 0.05) is 32.4 Å². The zero-order valence-corrected chi connectivity index (χ0v) is 13.8. The Morgan fingerprint density at radius 2 is 1.95 bits per heavy atom. The lowest BCUT2D eigenvalue weighted by molar-refractivity contribution is 0.0240. The smallest absolute Gasteiger partial charge is 0.410 e. The second kappa shape index (κ2) is 6.52. The Bertz CT molecular complexity index is 532. The van der Waals surface area contributed by atoms with Gasteiger partial charge in [0.15, 0.2) is 0 Å². The minimum atomic E-state index is -0.465. The summed E-state index contributed by atoms with van der Waals surface area (Å²) in [6, 6.07) is 1.98. The molecule has 1 N–H and O–H groups in total. The van der Waals surface area contributed by atoms with Crippen LogP contribution in [0.5, 0.6) is 0 Å². The molecule has 22 heavy (non-hydrogen) atoms. The Hall–Kier alpha value is -1.82. The molecule has 0 bridgehead atoms. The Morgan fingerprint density at radius 3 is 2.45 bits per heavy atom. The van der Waals surface area contributed by atoms with Crippen LogP contribution in [0, 0.1) is 6.92 Å². The molecule has 6 heteroatoms. The summed E-state index contributed by atoms with van der Waals surface area (Å²) < 4.78 is 5.39. The third kappa shape index (κ3) is 4.10. The molecule has 122 valence electrons. The summed E-state index contributed by atoms with van der Waals surface area (Å²) in [6.45, 7) is 10.3. The molecule has 1 aliphatic heterocycles. The first kappa shape index (κ1) is 16.5. The molecule has 1 aliphatic rings. The van der Waals surface area contributed by atoms with E-state index in [9.17, 15) is 9.90 Å². The van der Waals surface area contributed by atoms with E-state index in [-0.39, 0.29) is 12.7 Å². The molecule has 1 saturated heterocycles. The van der Waals surface area contributed by atoms with Crippen molar-refractivity contribution in [3.05, 3.63) is 23.4 Å². The van der Waals surface area contributed by atoms with Crippen molar-refractivity contribution in [2.45, 2.75) is 39.9 Å². The topological polar surface area (TPSA) is 65.9 Å². The number of aliphatic hydroxyl groups is 1. The fraction of sp³-hybridized carbons (Fsp3) is 0.625. The van der Waals surface area contributed by atoms with Crippen LogP contribution in [0.3, 0.4) is 0 Å². The summed E-state index contributed by atoms with van der Waals surface area (Å²) in [4.78, 5) is 20.3. The first-order valence-electron chi connectivity index (χ1n) is 7.59. The molecule has 0 unspecified atom stereocenters. The van der Waals surface area contributed by atoms with Crippen LogP contribution in [-0.2, 0) is 11.3 Å². The second-order valence-corrected chi connectivity index (χ2v) is 6.58. The van der Waals surface area contributed by atoms with Gasteiger partial charge in [-0.15, -0.1) is 0 Å². The maximum absolute atomic E-state index is 12.0. The monoisotopic (exact) mass is 307 g/mol. The van der Waals surface area contributed by atoms with Crippen LogP contribution in [0.4, 0.5) is 10.6 Å². The molecular formula is C16H25N3O3. The van der Waals surface area contributed by atoms with E-state index in [0.29, 0.717) is 13.1 Å². The number of aliphatic hydroxyl groups excluding tert-OH is 1. The lowest BCUT2D eigenvalue weighted by Crippen LogP contribution is -2.50. The van der Waals surface area contributed by atoms with Gasteiger partial charge in [0.05, 0.1) is 6.61 Å². The number of carbonyl (C=O) groups is 1. The van der Waals surface area contributed by atoms with Crippen molar-refractivity contribution < 1.29 is 14.6 Å². The molecule has 1 fully saturated rings. The van der Waals surface area contributed by atoms with Gasteiger partial charge in [0.25, 0.3) is 0 Å². The summed E-state index contributed by atoms with van der Waals surface area (Å²) in [5.41, 5.74) is 1.41. The summed E-state index contributed by atoms with van der Waals surface area (Å²) >= 11 is 0. The van der Waals surface area contributed by atoms with E-state index >= 15 is 0 Å². The van der Waals surface area contributed by atoms with Crippen molar-refractivity contribution in [2.75, 3.05) is 31.1 Å². The van der Waals surface area contributed by atoms with Crippen molar-refractivity contribution in [1.29, 1.82) is 0 Å². The highest BCUT2D eigenvalue weighted by Gasteiger charge is 2.26. The minimum absolute atomic E-state index is 0.00549. The van der Waals surface area contributed by atoms with Crippen LogP contribution in [0.1, 0.15) is 31.9 Å². The SMILES string of the molecule is Cc1cc(N2CCN(C(=O)OC(C)(C)C)CC2)ncc1CO. The number of aromatic nitrogens is 1. The largest absolute Gasteiger partial charge is 0.444 e. The van der Waals surface area contributed by atoms with Gasteiger partial charge < -0.3 is 19.6 Å². The van der Waals surface area contributed by atoms with Crippen LogP contribution < -0.4 is 4.90 Å². The molecule has 0 saturated carbocycles. The maximum atomic E-state index is 12.0. The van der Waals surface area contributed by atoms with E-state index in [2.05, 4.69) is 9.88 Å². The van der Waals surface area contributed by atoms with Gasteiger partial charge in [-0.3, -0.25) is 0 Å². The van der Waals surface area contributed by atoms with E-state index in [0.717, 1.165) is 30.0 Å². The number of hydrogen-bond donors (Lipinski definition) is 1. The van der Waals surface area contributed by atoms with Crippen molar-refractivity contribution in [1.82, 2.24) is 9.88 Å². The van der Waals surface area contributed by atoms with Crippen molar-refractivity contribution in [3.8, 4) is 0 Å². The van der Waals surface area contributed by atoms with Gasteiger partial charge >= 0.3 is 6.09 Å². The highest BCUT2D eigenvalue weighted by molar-refractivity contribution is 5.68. The van der Waals surface area contributed by atoms with Crippen LogP contribution in [-0.4, -0.2) is 52.9 Å². The predicted molar refractivity (Wildman–Crippen MR) is 84.9 cm³/mol. The van der Waals surface area contributed by atoms with E-state index in [1.807, 2.05) is 33.8 Å². The molecule has 0 atom stereocenters. The minimum Gasteiger partial charge on any atom is -0.444 e. The average molecular weight is 307 g/mol. The lowest BCUT2D eigenvalue weighted by atomic mass is 10.1. The van der Waals surface area contributed by atoms with E-state index in [1.54, 1.807) is 11.1 Å². The maximum Gasteiger partial charge on any atom is 0.410 e. The number of anilines is 1. The number of amides is 1. The first-order valence-corrected chi connectivity index (χ1v) is 7.59. The summed E-state index contributed by atoms with van der Waals surface area (Å²) in [5.74, 6) is 0.888. The fourth-order valence-electron chi connectivity index (χ4n) is 2.35. The van der Waals surface area contributed by atoms with Crippen molar-refractivity contribution in [3.63, 3.8) is 0 Å². The Labute approximate surface area is 131 Å². The van der Waals surface area contributed by atoms with Gasteiger partial charge in [0.1, 0.15) is 11.4 Å². The third-order valence-electron chi connectivity index (χ3n) is 3.63. The highest BCUT2D eigenvalue weighted by atomic mass is 16.6. The molecule has 0 radical (unpaired) electrons. The summed E-state index contributed by atoms with van der Waals surface area (Å²) in [7, 11) is 0. The fourth-order valence-corrected chi connectivity index (χ4v) is 2.35. The number of carbonyl (C=O) groups excluding carboxylic acids is 1. The number of rotatable bonds is 2. The zero-order chi connectivity index (χ0) is 16.3. The van der Waals surface area contributed by atoms with Crippen LogP contribution in [0.15, 0.2) is 12.3 Å². The molecule has 2 heterocycles. The van der Waals surface area contributed by atoms with Gasteiger partial charge in [0.2, 0.25) is 0 Å². The van der Waals surface area contributed by atoms with Crippen molar-refractivity contribution in [2.24, 2.45) is 0 Å². The predicted octanol–water partition coefficient (Wildman–Crippen LogP) is 1.94. The Kier molecular flexibility index (Phi) is 4.90. The first-order chi connectivity index (χ1) is 10.3. The van der Waals surface area contributed by atoms with Crippen LogP contribution in [0.25, 0.3) is 0 Å². The number of pyridine rings is 1. The quantitative estimate of drug-likeness (QED) is 0.904. The number of nitrogens with zero attached hydrogens (tertiary/aromatic N) is 3. The van der Waals surface area contributed by atoms with Gasteiger partial charge in [-0.2, -0.15) is 0 Å². The lowest BCUT2D eigenvalue weighted by Gasteiger charge is -2.36.